The lowest BCUT2D eigenvalue weighted by molar-refractivity contribution is 1.18. The highest BCUT2D eigenvalue weighted by Gasteiger charge is 2.19. The van der Waals surface area contributed by atoms with Crippen LogP contribution in [0.3, 0.4) is 0 Å². The monoisotopic (exact) mass is 759 g/mol. The molecule has 0 unspecified atom stereocenters. The van der Waals surface area contributed by atoms with E-state index in [1.807, 2.05) is 0 Å². The Hall–Kier alpha value is -6.79. The Morgan fingerprint density at radius 1 is 0.293 bits per heavy atom. The highest BCUT2D eigenvalue weighted by atomic mass is 31.1. The predicted octanol–water partition coefficient (Wildman–Crippen LogP) is 13.8. The van der Waals surface area contributed by atoms with Crippen molar-refractivity contribution in [3.8, 4) is 50.2 Å². The summed E-state index contributed by atoms with van der Waals surface area (Å²) in [6, 6.07) is 80.6. The molecule has 0 saturated carbocycles. The van der Waals surface area contributed by atoms with Crippen LogP contribution in [0.1, 0.15) is 11.1 Å². The van der Waals surface area contributed by atoms with Gasteiger partial charge in [0.05, 0.1) is 11.0 Å². The number of rotatable bonds is 8. The Morgan fingerprint density at radius 2 is 0.724 bits per heavy atom. The number of para-hydroxylation sites is 1. The normalized spacial score (nSPS) is 11.4. The number of nitrogens with zero attached hydrogens (tertiary/aromatic N) is 1. The summed E-state index contributed by atoms with van der Waals surface area (Å²) in [5, 5.41) is 6.53. The van der Waals surface area contributed by atoms with E-state index in [2.05, 4.69) is 237 Å². The van der Waals surface area contributed by atoms with Crippen molar-refractivity contribution in [3.05, 3.63) is 230 Å². The van der Waals surface area contributed by atoms with Crippen molar-refractivity contribution < 1.29 is 0 Å². The van der Waals surface area contributed by atoms with Gasteiger partial charge < -0.3 is 4.57 Å². The van der Waals surface area contributed by atoms with Crippen LogP contribution < -0.4 is 15.9 Å². The quantitative estimate of drug-likeness (QED) is 0.136. The molecule has 10 rings (SSSR count). The molecule has 0 fully saturated rings. The fourth-order valence-corrected chi connectivity index (χ4v) is 10.7. The van der Waals surface area contributed by atoms with E-state index < -0.39 is 7.92 Å². The summed E-state index contributed by atoms with van der Waals surface area (Å²) in [7, 11) is -0.796. The first-order valence-corrected chi connectivity index (χ1v) is 21.3. The molecule has 0 amide bonds. The van der Waals surface area contributed by atoms with Crippen LogP contribution in [0, 0.1) is 13.8 Å². The summed E-state index contributed by atoms with van der Waals surface area (Å²) in [6.45, 7) is 4.36. The number of aryl methyl sites for hydroxylation is 2. The van der Waals surface area contributed by atoms with Crippen LogP contribution in [0.2, 0.25) is 0 Å². The number of benzene rings is 9. The number of aromatic nitrogens is 1. The van der Waals surface area contributed by atoms with E-state index in [-0.39, 0.29) is 0 Å². The van der Waals surface area contributed by atoms with E-state index >= 15 is 0 Å². The Balaban J connectivity index is 1.03. The molecule has 276 valence electrons. The molecule has 0 aliphatic rings. The van der Waals surface area contributed by atoms with Gasteiger partial charge in [0.2, 0.25) is 0 Å². The van der Waals surface area contributed by atoms with E-state index in [9.17, 15) is 0 Å². The minimum Gasteiger partial charge on any atom is -0.309 e. The van der Waals surface area contributed by atoms with E-state index in [0.717, 1.165) is 5.69 Å². The molecule has 0 aliphatic carbocycles. The van der Waals surface area contributed by atoms with Gasteiger partial charge in [-0.15, -0.1) is 0 Å². The zero-order chi connectivity index (χ0) is 39.0. The van der Waals surface area contributed by atoms with Gasteiger partial charge in [-0.1, -0.05) is 205 Å². The van der Waals surface area contributed by atoms with Gasteiger partial charge in [-0.3, -0.25) is 0 Å². The van der Waals surface area contributed by atoms with Crippen molar-refractivity contribution >= 4 is 45.6 Å². The molecule has 0 atom stereocenters. The standard InChI is InChI=1S/C56H42NP/c1-39-34-40(2)36-48(35-39)47-26-33-54-53-18-9-10-19-55(53)57(56(54)38-47)49-17-11-16-46(37-49)45-24-31-52(32-25-45)58(50-27-20-43(21-28-50)41-12-5-3-6-13-41)51-29-22-44(23-30-51)42-14-7-4-8-15-42/h3-38H,1-2H3. The van der Waals surface area contributed by atoms with Gasteiger partial charge >= 0.3 is 0 Å². The van der Waals surface area contributed by atoms with Crippen molar-refractivity contribution in [3.63, 3.8) is 0 Å². The molecule has 10 aromatic rings. The van der Waals surface area contributed by atoms with E-state index in [4.69, 9.17) is 0 Å². The molecule has 1 heterocycles. The lowest BCUT2D eigenvalue weighted by atomic mass is 9.99. The fraction of sp³-hybridized carbons (Fsp3) is 0.0357. The summed E-state index contributed by atoms with van der Waals surface area (Å²) in [4.78, 5) is 0. The second-order valence-electron chi connectivity index (χ2n) is 15.2. The molecule has 0 N–H and O–H groups in total. The summed E-state index contributed by atoms with van der Waals surface area (Å²) < 4.78 is 2.44. The van der Waals surface area contributed by atoms with Gasteiger partial charge in [0.15, 0.2) is 0 Å². The van der Waals surface area contributed by atoms with Gasteiger partial charge in [-0.2, -0.15) is 0 Å². The molecule has 0 bridgehead atoms. The molecule has 58 heavy (non-hydrogen) atoms. The molecule has 0 aliphatic heterocycles. The van der Waals surface area contributed by atoms with Crippen LogP contribution >= 0.6 is 7.92 Å². The van der Waals surface area contributed by atoms with Crippen LogP contribution in [0.4, 0.5) is 0 Å². The molecular weight excluding hydrogens is 718 g/mol. The van der Waals surface area contributed by atoms with Crippen molar-refractivity contribution in [2.24, 2.45) is 0 Å². The van der Waals surface area contributed by atoms with Crippen LogP contribution in [0.15, 0.2) is 218 Å². The minimum atomic E-state index is -0.796. The number of hydrogen-bond donors (Lipinski definition) is 0. The van der Waals surface area contributed by atoms with Crippen molar-refractivity contribution in [1.29, 1.82) is 0 Å². The third-order valence-electron chi connectivity index (χ3n) is 11.3. The van der Waals surface area contributed by atoms with Gasteiger partial charge in [-0.05, 0) is 106 Å². The first-order chi connectivity index (χ1) is 28.6. The Bertz CT molecular complexity index is 2930. The van der Waals surface area contributed by atoms with Crippen molar-refractivity contribution in [2.45, 2.75) is 13.8 Å². The second kappa shape index (κ2) is 15.3. The molecule has 1 aromatic heterocycles. The van der Waals surface area contributed by atoms with Crippen LogP contribution in [0.5, 0.6) is 0 Å². The largest absolute Gasteiger partial charge is 0.309 e. The first-order valence-electron chi connectivity index (χ1n) is 20.0. The lowest BCUT2D eigenvalue weighted by Crippen LogP contribution is -2.20. The molecule has 2 heteroatoms. The van der Waals surface area contributed by atoms with Gasteiger partial charge in [-0.25, -0.2) is 0 Å². The van der Waals surface area contributed by atoms with Crippen LogP contribution in [-0.4, -0.2) is 4.57 Å². The van der Waals surface area contributed by atoms with E-state index in [1.54, 1.807) is 0 Å². The molecule has 9 aromatic carbocycles. The predicted molar refractivity (Wildman–Crippen MR) is 251 cm³/mol. The molecular formula is C56H42NP. The van der Waals surface area contributed by atoms with Crippen molar-refractivity contribution in [2.75, 3.05) is 0 Å². The maximum atomic E-state index is 2.44. The SMILES string of the molecule is Cc1cc(C)cc(-c2ccc3c4ccccc4n(-c4cccc(-c5ccc(P(c6ccc(-c7ccccc7)cc6)c6ccc(-c7ccccc7)cc6)cc5)c4)c3c2)c1. The van der Waals surface area contributed by atoms with E-state index in [1.165, 1.54) is 93.4 Å². The maximum absolute atomic E-state index is 2.44. The number of fused-ring (bicyclic) bond motifs is 3. The summed E-state index contributed by atoms with van der Waals surface area (Å²) >= 11 is 0. The third-order valence-corrected chi connectivity index (χ3v) is 13.7. The first kappa shape index (κ1) is 35.6. The third kappa shape index (κ3) is 6.85. The average molecular weight is 760 g/mol. The minimum absolute atomic E-state index is 0.796. The zero-order valence-corrected chi connectivity index (χ0v) is 33.6. The summed E-state index contributed by atoms with van der Waals surface area (Å²) in [6.07, 6.45) is 0. The lowest BCUT2D eigenvalue weighted by Gasteiger charge is -2.21. The van der Waals surface area contributed by atoms with Gasteiger partial charge in [0, 0.05) is 16.5 Å². The van der Waals surface area contributed by atoms with Crippen LogP contribution in [0.25, 0.3) is 72.0 Å². The van der Waals surface area contributed by atoms with Crippen LogP contribution in [-0.2, 0) is 0 Å². The Labute approximate surface area is 342 Å². The fourth-order valence-electron chi connectivity index (χ4n) is 8.51. The average Bonchev–Trinajstić information content (AvgIpc) is 3.61. The topological polar surface area (TPSA) is 4.93 Å². The van der Waals surface area contributed by atoms with Crippen molar-refractivity contribution in [1.82, 2.24) is 4.57 Å². The molecule has 0 spiro atoms. The number of hydrogen-bond acceptors (Lipinski definition) is 0. The smallest absolute Gasteiger partial charge is 0.0547 e. The molecule has 0 radical (unpaired) electrons. The van der Waals surface area contributed by atoms with Gasteiger partial charge in [0.25, 0.3) is 0 Å². The van der Waals surface area contributed by atoms with Gasteiger partial charge in [0.1, 0.15) is 0 Å². The maximum Gasteiger partial charge on any atom is 0.0547 e. The second-order valence-corrected chi connectivity index (χ2v) is 17.4. The Morgan fingerprint density at radius 3 is 1.29 bits per heavy atom. The summed E-state index contributed by atoms with van der Waals surface area (Å²) in [5.74, 6) is 0. The van der Waals surface area contributed by atoms with E-state index in [0.29, 0.717) is 0 Å². The Kier molecular flexibility index (Phi) is 9.38. The highest BCUT2D eigenvalue weighted by molar-refractivity contribution is 7.79. The summed E-state index contributed by atoms with van der Waals surface area (Å²) in [5.41, 5.74) is 16.0. The molecule has 0 saturated heterocycles. The zero-order valence-electron chi connectivity index (χ0n) is 32.7. The molecule has 1 nitrogen and oxygen atoms in total. The highest BCUT2D eigenvalue weighted by Crippen LogP contribution is 2.38.